The van der Waals surface area contributed by atoms with E-state index in [0.29, 0.717) is 12.4 Å². The van der Waals surface area contributed by atoms with Crippen molar-refractivity contribution in [3.63, 3.8) is 0 Å². The van der Waals surface area contributed by atoms with Gasteiger partial charge in [0.15, 0.2) is 0 Å². The van der Waals surface area contributed by atoms with Crippen LogP contribution in [-0.2, 0) is 0 Å². The SMILES string of the molecule is CN(C)C(C)(C)CN=C(N)c1ccc2[nH]c3ccccc3c2c1. The van der Waals surface area contributed by atoms with Gasteiger partial charge in [0.25, 0.3) is 0 Å². The first-order valence-corrected chi connectivity index (χ1v) is 7.87. The number of aromatic amines is 1. The van der Waals surface area contributed by atoms with Crippen LogP contribution in [0.15, 0.2) is 47.5 Å². The van der Waals surface area contributed by atoms with Gasteiger partial charge >= 0.3 is 0 Å². The number of amidine groups is 1. The average Bonchev–Trinajstić information content (AvgIpc) is 2.90. The molecule has 0 spiro atoms. The fraction of sp³-hybridized carbons (Fsp3) is 0.316. The monoisotopic (exact) mass is 308 g/mol. The quantitative estimate of drug-likeness (QED) is 0.573. The molecule has 4 nitrogen and oxygen atoms in total. The summed E-state index contributed by atoms with van der Waals surface area (Å²) in [6.07, 6.45) is 0. The van der Waals surface area contributed by atoms with Crippen LogP contribution in [-0.4, -0.2) is 41.9 Å². The molecule has 1 heterocycles. The number of hydrogen-bond donors (Lipinski definition) is 2. The number of nitrogens with two attached hydrogens (primary N) is 1. The number of fused-ring (bicyclic) bond motifs is 3. The van der Waals surface area contributed by atoms with Gasteiger partial charge in [-0.2, -0.15) is 0 Å². The van der Waals surface area contributed by atoms with E-state index in [2.05, 4.69) is 73.2 Å². The number of hydrogen-bond acceptors (Lipinski definition) is 2. The number of likely N-dealkylation sites (N-methyl/N-ethyl adjacent to an activating group) is 1. The molecule has 0 aliphatic rings. The van der Waals surface area contributed by atoms with Crippen LogP contribution < -0.4 is 5.73 Å². The van der Waals surface area contributed by atoms with Crippen LogP contribution in [0.5, 0.6) is 0 Å². The van der Waals surface area contributed by atoms with E-state index in [-0.39, 0.29) is 5.54 Å². The Balaban J connectivity index is 1.98. The van der Waals surface area contributed by atoms with Crippen LogP contribution in [0, 0.1) is 0 Å². The molecule has 120 valence electrons. The molecule has 2 aromatic carbocycles. The van der Waals surface area contributed by atoms with E-state index < -0.39 is 0 Å². The maximum absolute atomic E-state index is 6.23. The third-order valence-electron chi connectivity index (χ3n) is 4.65. The highest BCUT2D eigenvalue weighted by molar-refractivity contribution is 6.10. The number of para-hydroxylation sites is 1. The molecule has 0 saturated carbocycles. The normalized spacial score (nSPS) is 13.3. The second-order valence-electron chi connectivity index (χ2n) is 6.84. The molecule has 3 rings (SSSR count). The zero-order valence-electron chi connectivity index (χ0n) is 14.2. The van der Waals surface area contributed by atoms with E-state index in [1.165, 1.54) is 10.8 Å². The van der Waals surface area contributed by atoms with Crippen molar-refractivity contribution in [3.8, 4) is 0 Å². The molecule has 3 N–H and O–H groups in total. The number of nitrogens with one attached hydrogen (secondary N) is 1. The summed E-state index contributed by atoms with van der Waals surface area (Å²) in [5.41, 5.74) is 9.44. The highest BCUT2D eigenvalue weighted by Gasteiger charge is 2.19. The van der Waals surface area contributed by atoms with E-state index in [4.69, 9.17) is 5.73 Å². The average molecular weight is 308 g/mol. The summed E-state index contributed by atoms with van der Waals surface area (Å²) in [5, 5.41) is 2.40. The third-order valence-corrected chi connectivity index (χ3v) is 4.65. The molecular formula is C19H24N4. The Morgan fingerprint density at radius 3 is 2.52 bits per heavy atom. The molecule has 0 atom stereocenters. The van der Waals surface area contributed by atoms with Gasteiger partial charge in [0, 0.05) is 32.9 Å². The van der Waals surface area contributed by atoms with Gasteiger partial charge in [-0.1, -0.05) is 18.2 Å². The van der Waals surface area contributed by atoms with Gasteiger partial charge in [0.1, 0.15) is 5.84 Å². The first-order valence-electron chi connectivity index (χ1n) is 7.87. The lowest BCUT2D eigenvalue weighted by Crippen LogP contribution is -2.41. The minimum atomic E-state index is -0.0184. The lowest BCUT2D eigenvalue weighted by molar-refractivity contribution is 0.205. The molecule has 0 radical (unpaired) electrons. The Morgan fingerprint density at radius 1 is 1.09 bits per heavy atom. The van der Waals surface area contributed by atoms with Crippen molar-refractivity contribution < 1.29 is 0 Å². The molecule has 0 unspecified atom stereocenters. The van der Waals surface area contributed by atoms with Crippen LogP contribution in [0.25, 0.3) is 21.8 Å². The van der Waals surface area contributed by atoms with Crippen molar-refractivity contribution in [2.75, 3.05) is 20.6 Å². The van der Waals surface area contributed by atoms with Crippen LogP contribution in [0.3, 0.4) is 0 Å². The lowest BCUT2D eigenvalue weighted by Gasteiger charge is -2.30. The fourth-order valence-electron chi connectivity index (χ4n) is 2.52. The first kappa shape index (κ1) is 15.6. The number of nitrogens with zero attached hydrogens (tertiary/aromatic N) is 2. The van der Waals surface area contributed by atoms with Gasteiger partial charge in [0.05, 0.1) is 6.54 Å². The smallest absolute Gasteiger partial charge is 0.125 e. The summed E-state index contributed by atoms with van der Waals surface area (Å²) in [4.78, 5) is 10.2. The van der Waals surface area contributed by atoms with Crippen LogP contribution in [0.1, 0.15) is 19.4 Å². The van der Waals surface area contributed by atoms with Crippen LogP contribution in [0.2, 0.25) is 0 Å². The summed E-state index contributed by atoms with van der Waals surface area (Å²) < 4.78 is 0. The number of aliphatic imine (C=N–C) groups is 1. The lowest BCUT2D eigenvalue weighted by atomic mass is 10.0. The van der Waals surface area contributed by atoms with Crippen molar-refractivity contribution in [1.29, 1.82) is 0 Å². The van der Waals surface area contributed by atoms with Crippen molar-refractivity contribution in [3.05, 3.63) is 48.0 Å². The van der Waals surface area contributed by atoms with E-state index in [1.807, 2.05) is 12.1 Å². The summed E-state index contributed by atoms with van der Waals surface area (Å²) in [6.45, 7) is 4.98. The van der Waals surface area contributed by atoms with E-state index in [9.17, 15) is 0 Å². The fourth-order valence-corrected chi connectivity index (χ4v) is 2.52. The van der Waals surface area contributed by atoms with Crippen molar-refractivity contribution in [1.82, 2.24) is 9.88 Å². The van der Waals surface area contributed by atoms with Gasteiger partial charge in [-0.15, -0.1) is 0 Å². The second-order valence-corrected chi connectivity index (χ2v) is 6.84. The maximum atomic E-state index is 6.23. The van der Waals surface area contributed by atoms with Gasteiger partial charge in [0.2, 0.25) is 0 Å². The number of benzene rings is 2. The summed E-state index contributed by atoms with van der Waals surface area (Å²) in [5.74, 6) is 0.590. The third kappa shape index (κ3) is 2.94. The predicted molar refractivity (Wildman–Crippen MR) is 99.2 cm³/mol. The van der Waals surface area contributed by atoms with E-state index in [0.717, 1.165) is 16.6 Å². The van der Waals surface area contributed by atoms with Gasteiger partial charge in [-0.3, -0.25) is 4.99 Å². The number of H-pyrrole nitrogens is 1. The largest absolute Gasteiger partial charge is 0.384 e. The Kier molecular flexibility index (Phi) is 3.86. The molecule has 0 amide bonds. The van der Waals surface area contributed by atoms with Crippen LogP contribution in [0.4, 0.5) is 0 Å². The molecule has 3 aromatic rings. The highest BCUT2D eigenvalue weighted by Crippen LogP contribution is 2.26. The minimum absolute atomic E-state index is 0.0184. The summed E-state index contributed by atoms with van der Waals surface area (Å²) in [7, 11) is 4.12. The predicted octanol–water partition coefficient (Wildman–Crippen LogP) is 3.37. The van der Waals surface area contributed by atoms with Gasteiger partial charge in [-0.05, 0) is 52.2 Å². The molecule has 4 heteroatoms. The molecule has 23 heavy (non-hydrogen) atoms. The Hall–Kier alpha value is -2.33. The van der Waals surface area contributed by atoms with Crippen molar-refractivity contribution in [2.45, 2.75) is 19.4 Å². The second kappa shape index (κ2) is 5.70. The maximum Gasteiger partial charge on any atom is 0.125 e. The van der Waals surface area contributed by atoms with Crippen molar-refractivity contribution >= 4 is 27.6 Å². The van der Waals surface area contributed by atoms with Crippen LogP contribution >= 0.6 is 0 Å². The highest BCUT2D eigenvalue weighted by atomic mass is 15.1. The molecule has 0 aliphatic carbocycles. The molecule has 0 fully saturated rings. The zero-order valence-corrected chi connectivity index (χ0v) is 14.2. The topological polar surface area (TPSA) is 57.4 Å². The molecular weight excluding hydrogens is 284 g/mol. The molecule has 1 aromatic heterocycles. The minimum Gasteiger partial charge on any atom is -0.384 e. The Labute approximate surface area is 137 Å². The van der Waals surface area contributed by atoms with E-state index in [1.54, 1.807) is 0 Å². The zero-order chi connectivity index (χ0) is 16.6. The number of rotatable bonds is 4. The van der Waals surface area contributed by atoms with Crippen molar-refractivity contribution in [2.24, 2.45) is 10.7 Å². The van der Waals surface area contributed by atoms with Gasteiger partial charge in [-0.25, -0.2) is 0 Å². The summed E-state index contributed by atoms with van der Waals surface area (Å²) in [6, 6.07) is 14.5. The van der Waals surface area contributed by atoms with Gasteiger partial charge < -0.3 is 15.6 Å². The molecule has 0 bridgehead atoms. The Morgan fingerprint density at radius 2 is 1.78 bits per heavy atom. The molecule has 0 aliphatic heterocycles. The summed E-state index contributed by atoms with van der Waals surface area (Å²) >= 11 is 0. The van der Waals surface area contributed by atoms with E-state index >= 15 is 0 Å². The molecule has 0 saturated heterocycles. The standard InChI is InChI=1S/C19H24N4/c1-19(2,23(3)4)12-21-18(20)13-9-10-17-15(11-13)14-7-5-6-8-16(14)22-17/h5-11,22H,12H2,1-4H3,(H2,20,21). The number of aromatic nitrogens is 1. The first-order chi connectivity index (χ1) is 10.9. The Bertz CT molecular complexity index is 871.